The van der Waals surface area contributed by atoms with E-state index < -0.39 is 47.4 Å². The van der Waals surface area contributed by atoms with Gasteiger partial charge in [-0.25, -0.2) is 4.79 Å². The molecule has 1 aromatic rings. The zero-order valence-corrected chi connectivity index (χ0v) is 17.3. The van der Waals surface area contributed by atoms with E-state index in [9.17, 15) is 29.3 Å². The van der Waals surface area contributed by atoms with E-state index in [0.717, 1.165) is 17.7 Å². The van der Waals surface area contributed by atoms with Crippen LogP contribution in [0, 0.1) is 23.0 Å². The number of rotatable bonds is 6. The Bertz CT molecular complexity index is 937. The molecular weight excluding hydrogens is 408 g/mol. The Labute approximate surface area is 178 Å². The number of esters is 1. The summed E-state index contributed by atoms with van der Waals surface area (Å²) in [6, 6.07) is 3.62. The van der Waals surface area contributed by atoms with Crippen molar-refractivity contribution in [3.8, 4) is 0 Å². The fourth-order valence-corrected chi connectivity index (χ4v) is 3.82. The number of carbonyl (C=O) groups is 4. The number of imide groups is 1. The number of nitrogens with zero attached hydrogens (tertiary/aromatic N) is 2. The van der Waals surface area contributed by atoms with Crippen LogP contribution in [-0.2, 0) is 19.1 Å². The Morgan fingerprint density at radius 2 is 2.00 bits per heavy atom. The molecule has 0 radical (unpaired) electrons. The van der Waals surface area contributed by atoms with Gasteiger partial charge in [0.2, 0.25) is 0 Å². The summed E-state index contributed by atoms with van der Waals surface area (Å²) in [6.07, 6.45) is 2.63. The van der Waals surface area contributed by atoms with Crippen molar-refractivity contribution in [1.82, 2.24) is 10.2 Å². The Morgan fingerprint density at radius 1 is 1.32 bits per heavy atom. The number of nitro benzene ring substituents is 1. The lowest BCUT2D eigenvalue weighted by Crippen LogP contribution is -2.49. The average Bonchev–Trinajstić information content (AvgIpc) is 2.94. The first kappa shape index (κ1) is 22.2. The normalized spacial score (nSPS) is 22.9. The smallest absolute Gasteiger partial charge is 0.326 e. The maximum Gasteiger partial charge on any atom is 0.326 e. The average molecular weight is 432 g/mol. The van der Waals surface area contributed by atoms with Crippen LogP contribution in [0.25, 0.3) is 0 Å². The van der Waals surface area contributed by atoms with Crippen LogP contribution >= 0.6 is 0 Å². The van der Waals surface area contributed by atoms with Crippen molar-refractivity contribution < 1.29 is 28.8 Å². The fourth-order valence-electron chi connectivity index (χ4n) is 3.82. The molecule has 31 heavy (non-hydrogen) atoms. The van der Waals surface area contributed by atoms with E-state index in [-0.39, 0.29) is 11.4 Å². The molecule has 1 aliphatic heterocycles. The third-order valence-electron chi connectivity index (χ3n) is 5.65. The van der Waals surface area contributed by atoms with Gasteiger partial charge in [0.25, 0.3) is 17.5 Å². The second-order valence-corrected chi connectivity index (χ2v) is 8.07. The third kappa shape index (κ3) is 4.81. The van der Waals surface area contributed by atoms with Crippen molar-refractivity contribution >= 4 is 35.2 Å². The highest BCUT2D eigenvalue weighted by molar-refractivity contribution is 6.08. The molecule has 0 atom stereocenters. The van der Waals surface area contributed by atoms with E-state index in [2.05, 4.69) is 17.6 Å². The van der Waals surface area contributed by atoms with Gasteiger partial charge in [0.1, 0.15) is 17.8 Å². The van der Waals surface area contributed by atoms with Crippen LogP contribution in [0.4, 0.5) is 16.2 Å². The first-order valence-electron chi connectivity index (χ1n) is 9.96. The zero-order chi connectivity index (χ0) is 22.8. The molecule has 4 amide bonds. The van der Waals surface area contributed by atoms with Gasteiger partial charge in [-0.3, -0.25) is 29.4 Å². The molecule has 1 heterocycles. The summed E-state index contributed by atoms with van der Waals surface area (Å²) in [5.41, 5.74) is -0.633. The Balaban J connectivity index is 1.54. The van der Waals surface area contributed by atoms with Gasteiger partial charge in [-0.15, -0.1) is 0 Å². The Hall–Kier alpha value is -3.50. The van der Waals surface area contributed by atoms with Gasteiger partial charge in [0.05, 0.1) is 4.92 Å². The number of anilines is 1. The van der Waals surface area contributed by atoms with Crippen molar-refractivity contribution in [2.45, 2.75) is 45.1 Å². The first-order valence-corrected chi connectivity index (χ1v) is 9.96. The van der Waals surface area contributed by atoms with Gasteiger partial charge in [-0.05, 0) is 50.2 Å². The van der Waals surface area contributed by atoms with Crippen LogP contribution in [-0.4, -0.2) is 52.3 Å². The lowest BCUT2D eigenvalue weighted by molar-refractivity contribution is -0.384. The van der Waals surface area contributed by atoms with Gasteiger partial charge in [-0.2, -0.15) is 0 Å². The van der Waals surface area contributed by atoms with Crippen LogP contribution < -0.4 is 10.6 Å². The number of nitrogens with one attached hydrogen (secondary N) is 2. The Kier molecular flexibility index (Phi) is 6.23. The van der Waals surface area contributed by atoms with E-state index in [4.69, 9.17) is 4.74 Å². The van der Waals surface area contributed by atoms with Crippen molar-refractivity contribution in [1.29, 1.82) is 0 Å². The highest BCUT2D eigenvalue weighted by Crippen LogP contribution is 2.36. The molecule has 0 bridgehead atoms. The lowest BCUT2D eigenvalue weighted by atomic mass is 9.77. The van der Waals surface area contributed by atoms with Crippen LogP contribution in [0.3, 0.4) is 0 Å². The number of urea groups is 1. The summed E-state index contributed by atoms with van der Waals surface area (Å²) in [7, 11) is 0. The molecule has 2 N–H and O–H groups in total. The standard InChI is InChI=1S/C20H24N4O7/c1-12-5-7-20(8-6-12)18(27)23(19(28)22-20)10-17(26)31-11-16(25)21-14-4-3-13(2)9-15(14)24(29)30/h3-4,9,12H,5-8,10-11H2,1-2H3,(H,21,25)(H,22,28). The van der Waals surface area contributed by atoms with Gasteiger partial charge >= 0.3 is 12.0 Å². The van der Waals surface area contributed by atoms with E-state index in [1.165, 1.54) is 12.1 Å². The van der Waals surface area contributed by atoms with E-state index in [1.54, 1.807) is 13.0 Å². The minimum atomic E-state index is -0.967. The number of carbonyl (C=O) groups excluding carboxylic acids is 4. The number of benzene rings is 1. The van der Waals surface area contributed by atoms with Crippen molar-refractivity contribution in [2.24, 2.45) is 5.92 Å². The maximum atomic E-state index is 12.7. The summed E-state index contributed by atoms with van der Waals surface area (Å²) in [5, 5.41) is 16.1. The highest BCUT2D eigenvalue weighted by Gasteiger charge is 2.52. The van der Waals surface area contributed by atoms with Crippen LogP contribution in [0.15, 0.2) is 18.2 Å². The molecule has 11 heteroatoms. The molecule has 2 aliphatic rings. The Morgan fingerprint density at radius 3 is 2.65 bits per heavy atom. The molecule has 3 rings (SSSR count). The lowest BCUT2D eigenvalue weighted by Gasteiger charge is -2.33. The van der Waals surface area contributed by atoms with Crippen LogP contribution in [0.2, 0.25) is 0 Å². The molecule has 1 saturated heterocycles. The topological polar surface area (TPSA) is 148 Å². The van der Waals surface area contributed by atoms with E-state index in [0.29, 0.717) is 24.3 Å². The molecule has 1 spiro atoms. The summed E-state index contributed by atoms with van der Waals surface area (Å²) in [4.78, 5) is 60.4. The third-order valence-corrected chi connectivity index (χ3v) is 5.65. The molecule has 1 saturated carbocycles. The number of aryl methyl sites for hydroxylation is 1. The zero-order valence-electron chi connectivity index (χ0n) is 17.3. The summed E-state index contributed by atoms with van der Waals surface area (Å²) < 4.78 is 4.86. The summed E-state index contributed by atoms with van der Waals surface area (Å²) in [6.45, 7) is 2.43. The first-order chi connectivity index (χ1) is 14.6. The quantitative estimate of drug-likeness (QED) is 0.302. The molecule has 2 fully saturated rings. The number of hydrogen-bond acceptors (Lipinski definition) is 7. The van der Waals surface area contributed by atoms with Crippen molar-refractivity contribution in [3.05, 3.63) is 33.9 Å². The minimum absolute atomic E-state index is 0.0285. The minimum Gasteiger partial charge on any atom is -0.454 e. The highest BCUT2D eigenvalue weighted by atomic mass is 16.6. The van der Waals surface area contributed by atoms with E-state index >= 15 is 0 Å². The largest absolute Gasteiger partial charge is 0.454 e. The summed E-state index contributed by atoms with van der Waals surface area (Å²) in [5.74, 6) is -1.70. The van der Waals surface area contributed by atoms with Gasteiger partial charge in [0, 0.05) is 6.07 Å². The molecule has 1 aromatic carbocycles. The predicted octanol–water partition coefficient (Wildman–Crippen LogP) is 1.89. The molecule has 0 unspecified atom stereocenters. The monoisotopic (exact) mass is 432 g/mol. The molecule has 166 valence electrons. The number of amides is 4. The number of ether oxygens (including phenoxy) is 1. The van der Waals surface area contributed by atoms with Gasteiger partial charge in [0.15, 0.2) is 6.61 Å². The molecular formula is C20H24N4O7. The number of nitro groups is 1. The number of hydrogen-bond donors (Lipinski definition) is 2. The SMILES string of the molecule is Cc1ccc(NC(=O)COC(=O)CN2C(=O)NC3(CCC(C)CC3)C2=O)c([N+](=O)[O-])c1. The molecule has 1 aliphatic carbocycles. The maximum absolute atomic E-state index is 12.7. The van der Waals surface area contributed by atoms with Crippen molar-refractivity contribution in [2.75, 3.05) is 18.5 Å². The molecule has 11 nitrogen and oxygen atoms in total. The van der Waals surface area contributed by atoms with E-state index in [1.807, 2.05) is 0 Å². The second kappa shape index (κ2) is 8.70. The van der Waals surface area contributed by atoms with Crippen LogP contribution in [0.1, 0.15) is 38.2 Å². The van der Waals surface area contributed by atoms with Gasteiger partial charge in [-0.1, -0.05) is 13.0 Å². The van der Waals surface area contributed by atoms with Crippen LogP contribution in [0.5, 0.6) is 0 Å². The molecule has 0 aromatic heterocycles. The predicted molar refractivity (Wildman–Crippen MR) is 108 cm³/mol. The van der Waals surface area contributed by atoms with Crippen molar-refractivity contribution in [3.63, 3.8) is 0 Å². The second-order valence-electron chi connectivity index (χ2n) is 8.07. The van der Waals surface area contributed by atoms with Gasteiger partial charge < -0.3 is 15.4 Å². The fraction of sp³-hybridized carbons (Fsp3) is 0.500. The summed E-state index contributed by atoms with van der Waals surface area (Å²) >= 11 is 0.